The van der Waals surface area contributed by atoms with Crippen LogP contribution in [0.5, 0.6) is 11.5 Å². The van der Waals surface area contributed by atoms with Crippen molar-refractivity contribution in [3.63, 3.8) is 0 Å². The van der Waals surface area contributed by atoms with Crippen LogP contribution in [0.1, 0.15) is 36.0 Å². The van der Waals surface area contributed by atoms with E-state index in [1.807, 2.05) is 13.8 Å². The highest BCUT2D eigenvalue weighted by molar-refractivity contribution is 6.31. The van der Waals surface area contributed by atoms with Crippen molar-refractivity contribution in [2.45, 2.75) is 26.0 Å². The molecule has 1 unspecified atom stereocenters. The number of fused-ring (bicyclic) bond motifs is 1. The maximum Gasteiger partial charge on any atom is 0.290 e. The first-order valence-corrected chi connectivity index (χ1v) is 11.1. The van der Waals surface area contributed by atoms with E-state index in [4.69, 9.17) is 25.5 Å². The normalized spacial score (nSPS) is 16.2. The fourth-order valence-electron chi connectivity index (χ4n) is 3.99. The smallest absolute Gasteiger partial charge is 0.290 e. The molecule has 0 saturated carbocycles. The lowest BCUT2D eigenvalue weighted by atomic mass is 9.95. The molecule has 1 aromatic heterocycles. The Balaban J connectivity index is 1.77. The van der Waals surface area contributed by atoms with Crippen molar-refractivity contribution in [3.8, 4) is 11.5 Å². The van der Waals surface area contributed by atoms with Crippen LogP contribution in [0.15, 0.2) is 58.2 Å². The number of hydrogen-bond acceptors (Lipinski definition) is 7. The summed E-state index contributed by atoms with van der Waals surface area (Å²) in [4.78, 5) is 28.0. The van der Waals surface area contributed by atoms with Gasteiger partial charge in [-0.05, 0) is 43.7 Å². The molecule has 0 fully saturated rings. The first kappa shape index (κ1) is 23.7. The fraction of sp³-hybridized carbons (Fsp3) is 0.280. The SMILES string of the molecule is COc1cc(Cl)cc2cc(C(=O)C3=C(O)C(=O)N(CCOC(C)C)C3c3ccc(O)cc3)oc12. The average molecular weight is 486 g/mol. The number of aliphatic hydroxyl groups is 1. The van der Waals surface area contributed by atoms with Gasteiger partial charge in [-0.1, -0.05) is 23.7 Å². The largest absolute Gasteiger partial charge is 0.508 e. The third kappa shape index (κ3) is 4.34. The van der Waals surface area contributed by atoms with Gasteiger partial charge in [-0.15, -0.1) is 0 Å². The van der Waals surface area contributed by atoms with Crippen molar-refractivity contribution in [3.05, 3.63) is 70.1 Å². The number of halogens is 1. The minimum Gasteiger partial charge on any atom is -0.508 e. The molecule has 1 aliphatic rings. The van der Waals surface area contributed by atoms with E-state index in [-0.39, 0.29) is 36.3 Å². The number of aromatic hydroxyl groups is 1. The van der Waals surface area contributed by atoms with Gasteiger partial charge >= 0.3 is 0 Å². The maximum absolute atomic E-state index is 13.6. The molecule has 0 aliphatic carbocycles. The number of ketones is 1. The summed E-state index contributed by atoms with van der Waals surface area (Å²) in [7, 11) is 1.46. The Bertz CT molecular complexity index is 1280. The Morgan fingerprint density at radius 2 is 1.88 bits per heavy atom. The second-order valence-corrected chi connectivity index (χ2v) is 8.58. The Hall–Kier alpha value is -3.49. The quantitative estimate of drug-likeness (QED) is 0.441. The summed E-state index contributed by atoms with van der Waals surface area (Å²) in [6.45, 7) is 4.10. The zero-order chi connectivity index (χ0) is 24.6. The van der Waals surface area contributed by atoms with Crippen LogP contribution >= 0.6 is 11.6 Å². The topological polar surface area (TPSA) is 109 Å². The molecule has 0 bridgehead atoms. The summed E-state index contributed by atoms with van der Waals surface area (Å²) in [6, 6.07) is 9.88. The van der Waals surface area contributed by atoms with Crippen LogP contribution in [0.25, 0.3) is 11.0 Å². The third-order valence-electron chi connectivity index (χ3n) is 5.53. The summed E-state index contributed by atoms with van der Waals surface area (Å²) in [5.41, 5.74) is 0.743. The van der Waals surface area contributed by atoms with Gasteiger partial charge in [0.2, 0.25) is 5.78 Å². The van der Waals surface area contributed by atoms with E-state index in [1.165, 1.54) is 30.2 Å². The molecule has 0 radical (unpaired) electrons. The molecular weight excluding hydrogens is 462 g/mol. The Kier molecular flexibility index (Phi) is 6.54. The molecule has 0 saturated heterocycles. The third-order valence-corrected chi connectivity index (χ3v) is 5.75. The van der Waals surface area contributed by atoms with E-state index >= 15 is 0 Å². The zero-order valence-electron chi connectivity index (χ0n) is 18.9. The average Bonchev–Trinajstić information content (AvgIpc) is 3.33. The van der Waals surface area contributed by atoms with Gasteiger partial charge < -0.3 is 29.0 Å². The second-order valence-electron chi connectivity index (χ2n) is 8.14. The number of phenols is 1. The standard InChI is InChI=1S/C25H24ClNO7/c1-13(2)33-9-8-27-21(14-4-6-17(28)7-5-14)20(23(30)25(27)31)22(29)18-11-15-10-16(26)12-19(32-3)24(15)34-18/h4-7,10-13,21,28,30H,8-9H2,1-3H3. The summed E-state index contributed by atoms with van der Waals surface area (Å²) in [5.74, 6) is -1.68. The molecule has 1 atom stereocenters. The van der Waals surface area contributed by atoms with E-state index in [0.29, 0.717) is 27.3 Å². The number of ether oxygens (including phenoxy) is 2. The first-order valence-electron chi connectivity index (χ1n) is 10.7. The van der Waals surface area contributed by atoms with E-state index in [9.17, 15) is 19.8 Å². The van der Waals surface area contributed by atoms with Crippen molar-refractivity contribution >= 4 is 34.3 Å². The number of methoxy groups -OCH3 is 1. The summed E-state index contributed by atoms with van der Waals surface area (Å²) >= 11 is 6.13. The number of benzene rings is 2. The molecule has 1 amide bonds. The number of nitrogens with zero attached hydrogens (tertiary/aromatic N) is 1. The number of rotatable bonds is 8. The molecule has 9 heteroatoms. The van der Waals surface area contributed by atoms with Gasteiger partial charge in [0, 0.05) is 23.0 Å². The van der Waals surface area contributed by atoms with Gasteiger partial charge in [0.1, 0.15) is 5.75 Å². The highest BCUT2D eigenvalue weighted by atomic mass is 35.5. The van der Waals surface area contributed by atoms with Crippen LogP contribution < -0.4 is 4.74 Å². The number of amides is 1. The van der Waals surface area contributed by atoms with Crippen molar-refractivity contribution in [1.29, 1.82) is 0 Å². The van der Waals surface area contributed by atoms with Crippen molar-refractivity contribution < 1.29 is 33.7 Å². The van der Waals surface area contributed by atoms with E-state index < -0.39 is 23.5 Å². The number of furan rings is 1. The lowest BCUT2D eigenvalue weighted by Gasteiger charge is -2.27. The highest BCUT2D eigenvalue weighted by Gasteiger charge is 2.44. The van der Waals surface area contributed by atoms with Gasteiger partial charge in [-0.2, -0.15) is 0 Å². The molecule has 1 aliphatic heterocycles. The highest BCUT2D eigenvalue weighted by Crippen LogP contribution is 2.41. The number of Topliss-reactive ketones (excluding diaryl/α,β-unsaturated/α-hetero) is 1. The predicted octanol–water partition coefficient (Wildman–Crippen LogP) is 4.80. The predicted molar refractivity (Wildman–Crippen MR) is 125 cm³/mol. The minimum atomic E-state index is -0.893. The fourth-order valence-corrected chi connectivity index (χ4v) is 4.20. The minimum absolute atomic E-state index is 0.0325. The van der Waals surface area contributed by atoms with Crippen molar-refractivity contribution in [2.75, 3.05) is 20.3 Å². The van der Waals surface area contributed by atoms with Gasteiger partial charge in [0.25, 0.3) is 5.91 Å². The lowest BCUT2D eigenvalue weighted by molar-refractivity contribution is -0.130. The van der Waals surface area contributed by atoms with Crippen molar-refractivity contribution in [1.82, 2.24) is 4.90 Å². The summed E-state index contributed by atoms with van der Waals surface area (Å²) in [6.07, 6.45) is -0.0511. The number of phenolic OH excluding ortho intramolecular Hbond substituents is 1. The molecule has 2 aromatic carbocycles. The summed E-state index contributed by atoms with van der Waals surface area (Å²) in [5, 5.41) is 21.4. The van der Waals surface area contributed by atoms with Gasteiger partial charge in [-0.3, -0.25) is 9.59 Å². The molecule has 3 aromatic rings. The van der Waals surface area contributed by atoms with Crippen molar-refractivity contribution in [2.24, 2.45) is 0 Å². The Labute approximate surface area is 200 Å². The van der Waals surface area contributed by atoms with Crippen LogP contribution in [0.3, 0.4) is 0 Å². The molecule has 8 nitrogen and oxygen atoms in total. The Morgan fingerprint density at radius 3 is 2.53 bits per heavy atom. The second kappa shape index (κ2) is 9.40. The molecule has 2 N–H and O–H groups in total. The van der Waals surface area contributed by atoms with Crippen LogP contribution in [0.4, 0.5) is 0 Å². The monoisotopic (exact) mass is 485 g/mol. The van der Waals surface area contributed by atoms with Gasteiger partial charge in [-0.25, -0.2) is 0 Å². The van der Waals surface area contributed by atoms with E-state index in [1.54, 1.807) is 24.3 Å². The molecule has 34 heavy (non-hydrogen) atoms. The molecular formula is C25H24ClNO7. The molecule has 0 spiro atoms. The zero-order valence-corrected chi connectivity index (χ0v) is 19.6. The van der Waals surface area contributed by atoms with E-state index in [0.717, 1.165) is 0 Å². The van der Waals surface area contributed by atoms with Crippen LogP contribution in [-0.4, -0.2) is 53.2 Å². The maximum atomic E-state index is 13.6. The lowest BCUT2D eigenvalue weighted by Crippen LogP contribution is -2.34. The number of carbonyl (C=O) groups excluding carboxylic acids is 2. The van der Waals surface area contributed by atoms with Gasteiger partial charge in [0.05, 0.1) is 31.4 Å². The Morgan fingerprint density at radius 1 is 1.18 bits per heavy atom. The van der Waals surface area contributed by atoms with Gasteiger partial charge in [0.15, 0.2) is 22.9 Å². The van der Waals surface area contributed by atoms with Crippen LogP contribution in [0.2, 0.25) is 5.02 Å². The molecule has 2 heterocycles. The number of hydrogen-bond donors (Lipinski definition) is 2. The molecule has 178 valence electrons. The molecule has 4 rings (SSSR count). The first-order chi connectivity index (χ1) is 16.2. The van der Waals surface area contributed by atoms with Crippen LogP contribution in [0, 0.1) is 0 Å². The van der Waals surface area contributed by atoms with Crippen LogP contribution in [-0.2, 0) is 9.53 Å². The number of carbonyl (C=O) groups is 2. The van der Waals surface area contributed by atoms with E-state index in [2.05, 4.69) is 0 Å². The summed E-state index contributed by atoms with van der Waals surface area (Å²) < 4.78 is 16.7. The number of aliphatic hydroxyl groups excluding tert-OH is 1.